The van der Waals surface area contributed by atoms with Gasteiger partial charge in [0.25, 0.3) is 11.9 Å². The maximum absolute atomic E-state index is 14.9. The Labute approximate surface area is 193 Å². The van der Waals surface area contributed by atoms with Crippen molar-refractivity contribution in [2.24, 2.45) is 11.8 Å². The van der Waals surface area contributed by atoms with Crippen LogP contribution in [-0.4, -0.2) is 48.1 Å². The number of amides is 1. The molecule has 2 unspecified atom stereocenters. The Morgan fingerprint density at radius 1 is 1.15 bits per heavy atom. The predicted octanol–water partition coefficient (Wildman–Crippen LogP) is 4.36. The van der Waals surface area contributed by atoms with Crippen molar-refractivity contribution in [2.45, 2.75) is 58.1 Å². The van der Waals surface area contributed by atoms with E-state index in [1.807, 2.05) is 6.92 Å². The number of aromatic nitrogens is 1. The Morgan fingerprint density at radius 2 is 1.91 bits per heavy atom. The molecule has 3 heterocycles. The van der Waals surface area contributed by atoms with Crippen molar-refractivity contribution >= 4 is 17.6 Å². The first-order chi connectivity index (χ1) is 16.0. The minimum absolute atomic E-state index is 0.102. The second-order valence-corrected chi connectivity index (χ2v) is 10.1. The molecule has 1 amide bonds. The number of likely N-dealkylation sites (tertiary alicyclic amines) is 1. The van der Waals surface area contributed by atoms with Crippen molar-refractivity contribution in [3.8, 4) is 5.75 Å². The molecule has 176 valence electrons. The maximum Gasteiger partial charge on any atom is 0.298 e. The molecule has 3 atom stereocenters. The van der Waals surface area contributed by atoms with Gasteiger partial charge >= 0.3 is 0 Å². The predicted molar refractivity (Wildman–Crippen MR) is 122 cm³/mol. The van der Waals surface area contributed by atoms with Crippen molar-refractivity contribution < 1.29 is 18.3 Å². The highest BCUT2D eigenvalue weighted by atomic mass is 19.1. The van der Waals surface area contributed by atoms with Crippen molar-refractivity contribution in [3.63, 3.8) is 0 Å². The van der Waals surface area contributed by atoms with E-state index in [2.05, 4.69) is 20.1 Å². The Bertz CT molecular complexity index is 1030. The largest absolute Gasteiger partial charge is 0.487 e. The van der Waals surface area contributed by atoms with Crippen LogP contribution in [0.25, 0.3) is 0 Å². The maximum atomic E-state index is 14.9. The van der Waals surface area contributed by atoms with E-state index in [-0.39, 0.29) is 17.7 Å². The van der Waals surface area contributed by atoms with Gasteiger partial charge in [-0.25, -0.2) is 4.39 Å². The number of benzene rings is 1. The lowest BCUT2D eigenvalue weighted by molar-refractivity contribution is 0.101. The van der Waals surface area contributed by atoms with Gasteiger partial charge in [-0.05, 0) is 82.0 Å². The fourth-order valence-corrected chi connectivity index (χ4v) is 5.48. The SMILES string of the molecule is Cc1cc(NC(=O)c2nc(N3CCCC3)oc2CN2CCC2)cc(F)c1OC1CC2C[C@@H]2C1. The van der Waals surface area contributed by atoms with Crippen LogP contribution in [0.1, 0.15) is 60.3 Å². The number of anilines is 2. The Kier molecular flexibility index (Phi) is 5.28. The number of aryl methyl sites for hydroxylation is 1. The standard InChI is InChI=1S/C25H31FN4O3/c1-15-9-18(13-20(26)23(15)32-19-11-16-10-17(16)12-19)27-24(31)22-21(14-29-5-4-6-29)33-25(28-22)30-7-2-3-8-30/h9,13,16-17,19H,2-8,10-12,14H2,1H3,(H,27,31)/t16-,17?,19?/m1/s1. The molecule has 33 heavy (non-hydrogen) atoms. The molecule has 6 rings (SSSR count). The van der Waals surface area contributed by atoms with Crippen molar-refractivity contribution in [3.05, 3.63) is 35.0 Å². The van der Waals surface area contributed by atoms with E-state index in [0.717, 1.165) is 70.1 Å². The van der Waals surface area contributed by atoms with Crippen LogP contribution < -0.4 is 15.0 Å². The molecule has 1 aromatic carbocycles. The fourth-order valence-electron chi connectivity index (χ4n) is 5.48. The number of carbonyl (C=O) groups excluding carboxylic acids is 1. The quantitative estimate of drug-likeness (QED) is 0.671. The van der Waals surface area contributed by atoms with Gasteiger partial charge in [-0.1, -0.05) is 0 Å². The first-order valence-electron chi connectivity index (χ1n) is 12.3. The molecule has 2 aliphatic heterocycles. The molecule has 2 saturated heterocycles. The number of nitrogens with zero attached hydrogens (tertiary/aromatic N) is 3. The van der Waals surface area contributed by atoms with Gasteiger partial charge in [-0.15, -0.1) is 0 Å². The zero-order valence-corrected chi connectivity index (χ0v) is 19.1. The van der Waals surface area contributed by atoms with E-state index in [1.54, 1.807) is 6.07 Å². The number of hydrogen-bond acceptors (Lipinski definition) is 6. The average molecular weight is 455 g/mol. The monoisotopic (exact) mass is 454 g/mol. The van der Waals surface area contributed by atoms with Gasteiger partial charge in [0.1, 0.15) is 0 Å². The van der Waals surface area contributed by atoms with Crippen LogP contribution >= 0.6 is 0 Å². The van der Waals surface area contributed by atoms with Crippen LogP contribution in [-0.2, 0) is 6.54 Å². The highest BCUT2D eigenvalue weighted by molar-refractivity contribution is 6.03. The van der Waals surface area contributed by atoms with E-state index in [1.165, 1.54) is 12.5 Å². The zero-order valence-electron chi connectivity index (χ0n) is 19.1. The molecule has 0 radical (unpaired) electrons. The molecule has 0 bridgehead atoms. The fraction of sp³-hybridized carbons (Fsp3) is 0.600. The summed E-state index contributed by atoms with van der Waals surface area (Å²) in [5, 5.41) is 2.83. The van der Waals surface area contributed by atoms with Gasteiger partial charge in [0, 0.05) is 24.8 Å². The summed E-state index contributed by atoms with van der Waals surface area (Å²) in [6.07, 6.45) is 6.80. The van der Waals surface area contributed by atoms with E-state index in [9.17, 15) is 9.18 Å². The van der Waals surface area contributed by atoms with Gasteiger partial charge in [-0.3, -0.25) is 9.69 Å². The third kappa shape index (κ3) is 4.21. The summed E-state index contributed by atoms with van der Waals surface area (Å²) in [5.41, 5.74) is 1.37. The number of nitrogens with one attached hydrogen (secondary N) is 1. The lowest BCUT2D eigenvalue weighted by atomic mass is 10.1. The first kappa shape index (κ1) is 21.0. The Hall–Kier alpha value is -2.61. The molecule has 1 N–H and O–H groups in total. The van der Waals surface area contributed by atoms with Crippen LogP contribution in [0.2, 0.25) is 0 Å². The Morgan fingerprint density at radius 3 is 2.58 bits per heavy atom. The van der Waals surface area contributed by atoms with Gasteiger partial charge in [-0.2, -0.15) is 4.98 Å². The summed E-state index contributed by atoms with van der Waals surface area (Å²) < 4.78 is 26.9. The summed E-state index contributed by atoms with van der Waals surface area (Å²) >= 11 is 0. The Balaban J connectivity index is 1.19. The minimum Gasteiger partial charge on any atom is -0.487 e. The van der Waals surface area contributed by atoms with Crippen molar-refractivity contribution in [2.75, 3.05) is 36.4 Å². The number of fused-ring (bicyclic) bond motifs is 1. The summed E-state index contributed by atoms with van der Waals surface area (Å²) in [6.45, 7) is 6.15. The molecular weight excluding hydrogens is 423 g/mol. The number of halogens is 1. The number of ether oxygens (including phenoxy) is 1. The minimum atomic E-state index is -0.440. The zero-order chi connectivity index (χ0) is 22.5. The average Bonchev–Trinajstić information content (AvgIpc) is 3.18. The molecule has 2 aliphatic carbocycles. The van der Waals surface area contributed by atoms with E-state index in [4.69, 9.17) is 9.15 Å². The number of hydrogen-bond donors (Lipinski definition) is 1. The molecular formula is C25H31FN4O3. The van der Waals surface area contributed by atoms with Gasteiger partial charge < -0.3 is 19.4 Å². The second-order valence-electron chi connectivity index (χ2n) is 10.1. The summed E-state index contributed by atoms with van der Waals surface area (Å²) in [7, 11) is 0. The van der Waals surface area contributed by atoms with Crippen LogP contribution in [0.5, 0.6) is 5.75 Å². The highest BCUT2D eigenvalue weighted by Gasteiger charge is 2.47. The molecule has 8 heteroatoms. The third-order valence-electron chi connectivity index (χ3n) is 7.57. The number of rotatable bonds is 7. The first-order valence-corrected chi connectivity index (χ1v) is 12.3. The number of carbonyl (C=O) groups is 1. The van der Waals surface area contributed by atoms with Gasteiger partial charge in [0.15, 0.2) is 23.0 Å². The second kappa shape index (κ2) is 8.31. The van der Waals surface area contributed by atoms with Gasteiger partial charge in [0.05, 0.1) is 12.6 Å². The topological polar surface area (TPSA) is 70.8 Å². The van der Waals surface area contributed by atoms with Crippen molar-refractivity contribution in [1.82, 2.24) is 9.88 Å². The molecule has 2 aromatic rings. The summed E-state index contributed by atoms with van der Waals surface area (Å²) in [4.78, 5) is 22.0. The molecule has 4 aliphatic rings. The highest BCUT2D eigenvalue weighted by Crippen LogP contribution is 2.52. The summed E-state index contributed by atoms with van der Waals surface area (Å²) in [6, 6.07) is 3.61. The molecule has 2 saturated carbocycles. The van der Waals surface area contributed by atoms with E-state index in [0.29, 0.717) is 35.3 Å². The van der Waals surface area contributed by atoms with Crippen LogP contribution in [0.15, 0.2) is 16.5 Å². The van der Waals surface area contributed by atoms with Crippen LogP contribution in [0, 0.1) is 24.6 Å². The van der Waals surface area contributed by atoms with Gasteiger partial charge in [0.2, 0.25) is 0 Å². The van der Waals surface area contributed by atoms with Crippen LogP contribution in [0.4, 0.5) is 16.1 Å². The smallest absolute Gasteiger partial charge is 0.298 e. The van der Waals surface area contributed by atoms with E-state index < -0.39 is 5.82 Å². The van der Waals surface area contributed by atoms with E-state index >= 15 is 0 Å². The van der Waals surface area contributed by atoms with Crippen LogP contribution in [0.3, 0.4) is 0 Å². The molecule has 7 nitrogen and oxygen atoms in total. The molecule has 0 spiro atoms. The molecule has 4 fully saturated rings. The normalized spacial score (nSPS) is 26.2. The number of oxazole rings is 1. The van der Waals surface area contributed by atoms with Crippen molar-refractivity contribution in [1.29, 1.82) is 0 Å². The molecule has 1 aromatic heterocycles. The lowest BCUT2D eigenvalue weighted by Gasteiger charge is -2.29. The third-order valence-corrected chi connectivity index (χ3v) is 7.57. The lowest BCUT2D eigenvalue weighted by Crippen LogP contribution is -2.36. The summed E-state index contributed by atoms with van der Waals surface area (Å²) in [5.74, 6) is 1.61.